The standard InChI is InChI=1S/C17H18N2O6S/c1-11-3-4-12(9-15(11)24-2)17(21)25-10-16(20)19-13-5-7-14(8-6-13)26(18,22)23/h3-9H,10H2,1-2H3,(H,19,20)(H2,18,22,23). The molecule has 0 bridgehead atoms. The number of primary sulfonamides is 1. The van der Waals surface area contributed by atoms with E-state index < -0.39 is 28.5 Å². The summed E-state index contributed by atoms with van der Waals surface area (Å²) in [4.78, 5) is 23.8. The molecule has 0 radical (unpaired) electrons. The molecule has 0 aliphatic rings. The zero-order chi connectivity index (χ0) is 19.3. The lowest BCUT2D eigenvalue weighted by molar-refractivity contribution is -0.119. The van der Waals surface area contributed by atoms with Crippen LogP contribution in [0.25, 0.3) is 0 Å². The van der Waals surface area contributed by atoms with Crippen LogP contribution in [-0.4, -0.2) is 34.0 Å². The van der Waals surface area contributed by atoms with Crippen molar-refractivity contribution in [3.05, 3.63) is 53.6 Å². The summed E-state index contributed by atoms with van der Waals surface area (Å²) in [5.74, 6) is -0.692. The van der Waals surface area contributed by atoms with Crippen molar-refractivity contribution in [2.45, 2.75) is 11.8 Å². The Labute approximate surface area is 151 Å². The Morgan fingerprint density at radius 3 is 2.35 bits per heavy atom. The molecule has 0 aromatic heterocycles. The third-order valence-corrected chi connectivity index (χ3v) is 4.37. The normalized spacial score (nSPS) is 10.9. The number of nitrogens with two attached hydrogens (primary N) is 1. The van der Waals surface area contributed by atoms with E-state index in [1.54, 1.807) is 12.1 Å². The average molecular weight is 378 g/mol. The number of methoxy groups -OCH3 is 1. The van der Waals surface area contributed by atoms with Crippen LogP contribution in [0.4, 0.5) is 5.69 Å². The minimum Gasteiger partial charge on any atom is -0.496 e. The molecule has 0 fully saturated rings. The highest BCUT2D eigenvalue weighted by Crippen LogP contribution is 2.19. The van der Waals surface area contributed by atoms with Gasteiger partial charge in [0, 0.05) is 5.69 Å². The number of carbonyl (C=O) groups excluding carboxylic acids is 2. The van der Waals surface area contributed by atoms with Crippen LogP contribution in [0, 0.1) is 6.92 Å². The Morgan fingerprint density at radius 2 is 1.77 bits per heavy atom. The fourth-order valence-corrected chi connectivity index (χ4v) is 2.60. The predicted molar refractivity (Wildman–Crippen MR) is 94.5 cm³/mol. The fourth-order valence-electron chi connectivity index (χ4n) is 2.09. The highest BCUT2D eigenvalue weighted by Gasteiger charge is 2.13. The van der Waals surface area contributed by atoms with Gasteiger partial charge in [-0.15, -0.1) is 0 Å². The van der Waals surface area contributed by atoms with Crippen molar-refractivity contribution < 1.29 is 27.5 Å². The molecule has 0 aliphatic carbocycles. The monoisotopic (exact) mass is 378 g/mol. The number of rotatable bonds is 6. The maximum Gasteiger partial charge on any atom is 0.338 e. The van der Waals surface area contributed by atoms with E-state index in [9.17, 15) is 18.0 Å². The van der Waals surface area contributed by atoms with E-state index in [0.29, 0.717) is 11.4 Å². The molecule has 0 aliphatic heterocycles. The molecule has 0 atom stereocenters. The van der Waals surface area contributed by atoms with Crippen LogP contribution < -0.4 is 15.2 Å². The van der Waals surface area contributed by atoms with Crippen molar-refractivity contribution in [2.24, 2.45) is 5.14 Å². The number of ether oxygens (including phenoxy) is 2. The van der Waals surface area contributed by atoms with E-state index >= 15 is 0 Å². The third kappa shape index (κ3) is 5.04. The van der Waals surface area contributed by atoms with Gasteiger partial charge in [-0.25, -0.2) is 18.4 Å². The summed E-state index contributed by atoms with van der Waals surface area (Å²) in [6, 6.07) is 10.1. The number of aryl methyl sites for hydroxylation is 1. The Bertz CT molecular complexity index is 923. The quantitative estimate of drug-likeness (QED) is 0.733. The van der Waals surface area contributed by atoms with Crippen LogP contribution in [0.15, 0.2) is 47.4 Å². The lowest BCUT2D eigenvalue weighted by Crippen LogP contribution is -2.21. The highest BCUT2D eigenvalue weighted by molar-refractivity contribution is 7.89. The van der Waals surface area contributed by atoms with Crippen LogP contribution in [0.1, 0.15) is 15.9 Å². The molecule has 138 valence electrons. The lowest BCUT2D eigenvalue weighted by atomic mass is 10.1. The third-order valence-electron chi connectivity index (χ3n) is 3.44. The second-order valence-corrected chi connectivity index (χ2v) is 6.94. The molecule has 2 aromatic carbocycles. The van der Waals surface area contributed by atoms with Gasteiger partial charge in [0.2, 0.25) is 10.0 Å². The first-order chi connectivity index (χ1) is 12.2. The van der Waals surface area contributed by atoms with Gasteiger partial charge in [-0.3, -0.25) is 4.79 Å². The largest absolute Gasteiger partial charge is 0.496 e. The Hall–Kier alpha value is -2.91. The maximum atomic E-state index is 12.0. The zero-order valence-corrected chi connectivity index (χ0v) is 15.0. The van der Waals surface area contributed by atoms with Crippen LogP contribution in [0.5, 0.6) is 5.75 Å². The first kappa shape index (κ1) is 19.4. The SMILES string of the molecule is COc1cc(C(=O)OCC(=O)Nc2ccc(S(N)(=O)=O)cc2)ccc1C. The molecule has 2 aromatic rings. The summed E-state index contributed by atoms with van der Waals surface area (Å²) >= 11 is 0. The van der Waals surface area contributed by atoms with E-state index in [-0.39, 0.29) is 10.5 Å². The first-order valence-electron chi connectivity index (χ1n) is 7.45. The molecule has 2 rings (SSSR count). The van der Waals surface area contributed by atoms with Gasteiger partial charge in [0.25, 0.3) is 5.91 Å². The number of hydrogen-bond acceptors (Lipinski definition) is 6. The number of benzene rings is 2. The van der Waals surface area contributed by atoms with Gasteiger partial charge >= 0.3 is 5.97 Å². The maximum absolute atomic E-state index is 12.0. The molecule has 1 amide bonds. The van der Waals surface area contributed by atoms with Gasteiger partial charge in [0.05, 0.1) is 17.6 Å². The van der Waals surface area contributed by atoms with Gasteiger partial charge < -0.3 is 14.8 Å². The van der Waals surface area contributed by atoms with Crippen molar-refractivity contribution in [3.8, 4) is 5.75 Å². The van der Waals surface area contributed by atoms with E-state index in [0.717, 1.165) is 5.56 Å². The summed E-state index contributed by atoms with van der Waals surface area (Å²) in [6.07, 6.45) is 0. The molecule has 26 heavy (non-hydrogen) atoms. The summed E-state index contributed by atoms with van der Waals surface area (Å²) < 4.78 is 32.4. The topological polar surface area (TPSA) is 125 Å². The van der Waals surface area contributed by atoms with Crippen LogP contribution in [0.3, 0.4) is 0 Å². The molecular formula is C17H18N2O6S. The number of hydrogen-bond donors (Lipinski definition) is 2. The fraction of sp³-hybridized carbons (Fsp3) is 0.176. The molecule has 0 saturated heterocycles. The van der Waals surface area contributed by atoms with Gasteiger partial charge in [-0.05, 0) is 48.9 Å². The molecule has 3 N–H and O–H groups in total. The van der Waals surface area contributed by atoms with E-state index in [4.69, 9.17) is 14.6 Å². The molecule has 9 heteroatoms. The molecule has 0 unspecified atom stereocenters. The lowest BCUT2D eigenvalue weighted by Gasteiger charge is -2.09. The van der Waals surface area contributed by atoms with E-state index in [1.165, 1.54) is 37.4 Å². The Kier molecular flexibility index (Phi) is 5.96. The van der Waals surface area contributed by atoms with Gasteiger partial charge in [0.1, 0.15) is 5.75 Å². The van der Waals surface area contributed by atoms with E-state index in [1.807, 2.05) is 6.92 Å². The van der Waals surface area contributed by atoms with Crippen LogP contribution >= 0.6 is 0 Å². The number of esters is 1. The molecule has 0 heterocycles. The predicted octanol–water partition coefficient (Wildman–Crippen LogP) is 1.45. The van der Waals surface area contributed by atoms with Gasteiger partial charge in [-0.1, -0.05) is 6.07 Å². The van der Waals surface area contributed by atoms with Gasteiger partial charge in [0.15, 0.2) is 6.61 Å². The van der Waals surface area contributed by atoms with Crippen molar-refractivity contribution in [1.29, 1.82) is 0 Å². The minimum absolute atomic E-state index is 0.0738. The summed E-state index contributed by atoms with van der Waals surface area (Å²) in [6.45, 7) is 1.34. The van der Waals surface area contributed by atoms with Crippen molar-refractivity contribution in [3.63, 3.8) is 0 Å². The summed E-state index contributed by atoms with van der Waals surface area (Å²) in [5.41, 5.74) is 1.47. The smallest absolute Gasteiger partial charge is 0.338 e. The molecular weight excluding hydrogens is 360 g/mol. The van der Waals surface area contributed by atoms with Crippen LogP contribution in [0.2, 0.25) is 0 Å². The van der Waals surface area contributed by atoms with Gasteiger partial charge in [-0.2, -0.15) is 0 Å². The summed E-state index contributed by atoms with van der Waals surface area (Å²) in [7, 11) is -2.31. The zero-order valence-electron chi connectivity index (χ0n) is 14.2. The molecule has 0 saturated carbocycles. The first-order valence-corrected chi connectivity index (χ1v) is 9.00. The molecule has 8 nitrogen and oxygen atoms in total. The number of amides is 1. The van der Waals surface area contributed by atoms with Crippen molar-refractivity contribution in [2.75, 3.05) is 19.0 Å². The number of nitrogens with one attached hydrogen (secondary N) is 1. The second kappa shape index (κ2) is 7.98. The van der Waals surface area contributed by atoms with E-state index in [2.05, 4.69) is 5.32 Å². The van der Waals surface area contributed by atoms with Crippen LogP contribution in [-0.2, 0) is 19.6 Å². The average Bonchev–Trinajstić information content (AvgIpc) is 2.59. The Balaban J connectivity index is 1.93. The number of carbonyl (C=O) groups is 2. The minimum atomic E-state index is -3.80. The second-order valence-electron chi connectivity index (χ2n) is 5.38. The number of sulfonamides is 1. The summed E-state index contributed by atoms with van der Waals surface area (Å²) in [5, 5.41) is 7.48. The Morgan fingerprint density at radius 1 is 1.12 bits per heavy atom. The van der Waals surface area contributed by atoms with Crippen molar-refractivity contribution in [1.82, 2.24) is 0 Å². The molecule has 0 spiro atoms. The highest BCUT2D eigenvalue weighted by atomic mass is 32.2. The van der Waals surface area contributed by atoms with Crippen molar-refractivity contribution >= 4 is 27.6 Å². The number of anilines is 1.